The molecule has 0 radical (unpaired) electrons. The van der Waals surface area contributed by atoms with Crippen LogP contribution in [0.4, 0.5) is 5.69 Å². The van der Waals surface area contributed by atoms with Crippen molar-refractivity contribution < 1.29 is 4.92 Å². The summed E-state index contributed by atoms with van der Waals surface area (Å²) in [7, 11) is 0. The molecule has 2 rings (SSSR count). The summed E-state index contributed by atoms with van der Waals surface area (Å²) < 4.78 is -0.416. The number of fused-ring (bicyclic) bond motifs is 1. The number of rotatable bonds is 2. The van der Waals surface area contributed by atoms with Crippen molar-refractivity contribution in [3.05, 3.63) is 33.5 Å². The fourth-order valence-electron chi connectivity index (χ4n) is 1.29. The number of aromatic nitrogens is 2. The Labute approximate surface area is 125 Å². The molecule has 96 valence electrons. The number of hydrogen-bond acceptors (Lipinski definition) is 4. The fourth-order valence-corrected chi connectivity index (χ4v) is 2.69. The molecule has 0 unspecified atom stereocenters. The number of non-ortho nitro benzene ring substituents is 1. The van der Waals surface area contributed by atoms with Crippen molar-refractivity contribution in [2.75, 3.05) is 0 Å². The average molecular weight is 347 g/mol. The van der Waals surface area contributed by atoms with E-state index >= 15 is 0 Å². The first-order valence-corrected chi connectivity index (χ1v) is 6.65. The SMILES string of the molecule is O=[N+]([O-])c1ccc2c(Cl)n(SC(Cl)(Cl)Cl)nc2c1. The van der Waals surface area contributed by atoms with E-state index in [0.717, 1.165) is 11.9 Å². The molecule has 0 amide bonds. The molecule has 1 heterocycles. The third-order valence-electron chi connectivity index (χ3n) is 1.97. The molecule has 1 aromatic heterocycles. The quantitative estimate of drug-likeness (QED) is 0.458. The van der Waals surface area contributed by atoms with Crippen molar-refractivity contribution in [1.29, 1.82) is 0 Å². The van der Waals surface area contributed by atoms with E-state index in [4.69, 9.17) is 46.4 Å². The van der Waals surface area contributed by atoms with Gasteiger partial charge < -0.3 is 0 Å². The second-order valence-corrected chi connectivity index (χ2v) is 7.61. The minimum absolute atomic E-state index is 0.0808. The van der Waals surface area contributed by atoms with Crippen molar-refractivity contribution in [2.24, 2.45) is 0 Å². The summed E-state index contributed by atoms with van der Waals surface area (Å²) in [4.78, 5) is 10.1. The van der Waals surface area contributed by atoms with Crippen molar-refractivity contribution in [1.82, 2.24) is 9.19 Å². The Hall–Kier alpha value is -0.400. The molecule has 0 fully saturated rings. The van der Waals surface area contributed by atoms with Gasteiger partial charge in [0.1, 0.15) is 10.7 Å². The molecule has 0 saturated heterocycles. The van der Waals surface area contributed by atoms with E-state index in [-0.39, 0.29) is 10.8 Å². The summed E-state index contributed by atoms with van der Waals surface area (Å²) in [5.74, 6) is 0. The normalized spacial score (nSPS) is 12.0. The van der Waals surface area contributed by atoms with Gasteiger partial charge in [0.15, 0.2) is 0 Å². The molecule has 0 N–H and O–H groups in total. The highest BCUT2D eigenvalue weighted by molar-refractivity contribution is 8.03. The fraction of sp³-hybridized carbons (Fsp3) is 0.125. The molecule has 0 spiro atoms. The Bertz CT molecular complexity index is 625. The van der Waals surface area contributed by atoms with Gasteiger partial charge in [-0.3, -0.25) is 10.1 Å². The Balaban J connectivity index is 2.52. The van der Waals surface area contributed by atoms with Crippen LogP contribution >= 0.6 is 58.4 Å². The minimum Gasteiger partial charge on any atom is -0.258 e. The highest BCUT2D eigenvalue weighted by Crippen LogP contribution is 2.42. The summed E-state index contributed by atoms with van der Waals surface area (Å²) >= 11 is 23.6. The molecule has 10 heteroatoms. The number of alkyl halides is 3. The molecule has 0 aliphatic heterocycles. The summed E-state index contributed by atoms with van der Waals surface area (Å²) in [6, 6.07) is 4.13. The van der Waals surface area contributed by atoms with Crippen LogP contribution < -0.4 is 0 Å². The number of nitro benzene ring substituents is 1. The number of hydrogen-bond donors (Lipinski definition) is 0. The van der Waals surface area contributed by atoms with Crippen LogP contribution in [0.2, 0.25) is 5.15 Å². The Kier molecular flexibility index (Phi) is 3.85. The third-order valence-corrected chi connectivity index (χ3v) is 3.70. The standard InChI is InChI=1S/C8H3Cl4N3O2S/c9-7-5-2-1-4(15(16)17)3-6(5)13-14(7)18-8(10,11)12/h1-3H. The van der Waals surface area contributed by atoms with Crippen molar-refractivity contribution in [2.45, 2.75) is 3.12 Å². The maximum absolute atomic E-state index is 10.6. The Morgan fingerprint density at radius 3 is 2.61 bits per heavy atom. The second-order valence-electron chi connectivity index (χ2n) is 3.16. The predicted molar refractivity (Wildman–Crippen MR) is 74.7 cm³/mol. The summed E-state index contributed by atoms with van der Waals surface area (Å²) in [5.41, 5.74) is 0.277. The summed E-state index contributed by atoms with van der Waals surface area (Å²) in [6.07, 6.45) is 0. The number of nitrogens with zero attached hydrogens (tertiary/aromatic N) is 3. The number of benzene rings is 1. The van der Waals surface area contributed by atoms with Gasteiger partial charge in [-0.15, -0.1) is 0 Å². The highest BCUT2D eigenvalue weighted by Gasteiger charge is 2.25. The smallest absolute Gasteiger partial charge is 0.258 e. The lowest BCUT2D eigenvalue weighted by Gasteiger charge is -2.09. The highest BCUT2D eigenvalue weighted by atomic mass is 35.6. The molecule has 0 aliphatic carbocycles. The van der Waals surface area contributed by atoms with E-state index in [1.165, 1.54) is 22.3 Å². The van der Waals surface area contributed by atoms with Gasteiger partial charge in [0.2, 0.25) is 0 Å². The first-order valence-electron chi connectivity index (χ1n) is 4.37. The molecular formula is C8H3Cl4N3O2S. The number of halogens is 4. The molecule has 0 aliphatic rings. The van der Waals surface area contributed by atoms with E-state index in [9.17, 15) is 10.1 Å². The Morgan fingerprint density at radius 1 is 1.39 bits per heavy atom. The average Bonchev–Trinajstić information content (AvgIpc) is 2.53. The van der Waals surface area contributed by atoms with Crippen LogP contribution in [-0.4, -0.2) is 17.2 Å². The lowest BCUT2D eigenvalue weighted by Crippen LogP contribution is -2.01. The van der Waals surface area contributed by atoms with Crippen molar-refractivity contribution in [3.63, 3.8) is 0 Å². The van der Waals surface area contributed by atoms with Gasteiger partial charge in [-0.1, -0.05) is 46.4 Å². The molecule has 5 nitrogen and oxygen atoms in total. The van der Waals surface area contributed by atoms with Crippen LogP contribution in [0.5, 0.6) is 0 Å². The molecule has 18 heavy (non-hydrogen) atoms. The maximum Gasteiger partial charge on any atom is 0.271 e. The minimum atomic E-state index is -1.63. The zero-order valence-corrected chi connectivity index (χ0v) is 12.2. The molecule has 1 aromatic carbocycles. The molecule has 0 atom stereocenters. The van der Waals surface area contributed by atoms with Crippen molar-refractivity contribution >= 4 is 74.9 Å². The molecule has 0 saturated carbocycles. The number of nitro groups is 1. The zero-order valence-electron chi connectivity index (χ0n) is 8.31. The van der Waals surface area contributed by atoms with Gasteiger partial charge >= 0.3 is 0 Å². The predicted octanol–water partition coefficient (Wildman–Crippen LogP) is 4.42. The van der Waals surface area contributed by atoms with Crippen LogP contribution in [0.25, 0.3) is 10.9 Å². The van der Waals surface area contributed by atoms with Gasteiger partial charge in [0.25, 0.3) is 8.81 Å². The van der Waals surface area contributed by atoms with E-state index in [2.05, 4.69) is 5.10 Å². The monoisotopic (exact) mass is 345 g/mol. The van der Waals surface area contributed by atoms with Crippen molar-refractivity contribution in [3.8, 4) is 0 Å². The lowest BCUT2D eigenvalue weighted by molar-refractivity contribution is -0.384. The second kappa shape index (κ2) is 4.94. The molecule has 0 bridgehead atoms. The van der Waals surface area contributed by atoms with Gasteiger partial charge in [-0.25, -0.2) is 0 Å². The van der Waals surface area contributed by atoms with Gasteiger partial charge in [-0.05, 0) is 6.07 Å². The van der Waals surface area contributed by atoms with Gasteiger partial charge in [0, 0.05) is 29.5 Å². The topological polar surface area (TPSA) is 61.0 Å². The van der Waals surface area contributed by atoms with Crippen LogP contribution in [0.15, 0.2) is 18.2 Å². The Morgan fingerprint density at radius 2 is 2.06 bits per heavy atom. The van der Waals surface area contributed by atoms with Crippen LogP contribution in [-0.2, 0) is 0 Å². The van der Waals surface area contributed by atoms with Gasteiger partial charge in [-0.2, -0.15) is 9.19 Å². The first kappa shape index (κ1) is 14.0. The molecule has 2 aromatic rings. The van der Waals surface area contributed by atoms with Crippen LogP contribution in [0.3, 0.4) is 0 Å². The van der Waals surface area contributed by atoms with Crippen LogP contribution in [0, 0.1) is 10.1 Å². The zero-order chi connectivity index (χ0) is 13.5. The van der Waals surface area contributed by atoms with E-state index in [0.29, 0.717) is 10.9 Å². The largest absolute Gasteiger partial charge is 0.271 e. The van der Waals surface area contributed by atoms with E-state index < -0.39 is 8.05 Å². The van der Waals surface area contributed by atoms with E-state index in [1.807, 2.05) is 0 Å². The van der Waals surface area contributed by atoms with Gasteiger partial charge in [0.05, 0.1) is 4.92 Å². The lowest BCUT2D eigenvalue weighted by atomic mass is 10.2. The maximum atomic E-state index is 10.6. The first-order chi connectivity index (χ1) is 8.28. The van der Waals surface area contributed by atoms with Crippen LogP contribution in [0.1, 0.15) is 0 Å². The molecular weight excluding hydrogens is 344 g/mol. The third kappa shape index (κ3) is 2.95. The van der Waals surface area contributed by atoms with E-state index in [1.54, 1.807) is 0 Å². The summed E-state index contributed by atoms with van der Waals surface area (Å²) in [6.45, 7) is 0. The summed E-state index contributed by atoms with van der Waals surface area (Å²) in [5, 5.41) is 15.4.